The second kappa shape index (κ2) is 5.08. The lowest BCUT2D eigenvalue weighted by atomic mass is 10.0. The maximum atomic E-state index is 10.2. The van der Waals surface area contributed by atoms with Gasteiger partial charge in [-0.2, -0.15) is 0 Å². The van der Waals surface area contributed by atoms with Gasteiger partial charge >= 0.3 is 0 Å². The monoisotopic (exact) mass is 208 g/mol. The van der Waals surface area contributed by atoms with Crippen LogP contribution in [0.25, 0.3) is 17.2 Å². The molecule has 0 bridgehead atoms. The summed E-state index contributed by atoms with van der Waals surface area (Å²) in [5, 5.41) is 0. The molecule has 0 aromatic heterocycles. The first-order valence-corrected chi connectivity index (χ1v) is 5.17. The Hall–Kier alpha value is -2.15. The van der Waals surface area contributed by atoms with Gasteiger partial charge in [0.05, 0.1) is 0 Å². The Morgan fingerprint density at radius 3 is 2.00 bits per heavy atom. The smallest absolute Gasteiger partial charge is 0.142 e. The highest BCUT2D eigenvalue weighted by Gasteiger charge is 1.95. The Morgan fingerprint density at radius 1 is 0.750 bits per heavy atom. The highest BCUT2D eigenvalue weighted by atomic mass is 16.1. The van der Waals surface area contributed by atoms with Crippen LogP contribution in [-0.2, 0) is 4.79 Å². The molecule has 0 heterocycles. The van der Waals surface area contributed by atoms with E-state index in [1.165, 1.54) is 17.2 Å². The van der Waals surface area contributed by atoms with E-state index in [-0.39, 0.29) is 0 Å². The van der Waals surface area contributed by atoms with Crippen molar-refractivity contribution < 1.29 is 4.79 Å². The molecule has 2 aromatic rings. The lowest BCUT2D eigenvalue weighted by Gasteiger charge is -2.01. The molecule has 0 amide bonds. The molecule has 0 aliphatic heterocycles. The number of rotatable bonds is 3. The highest BCUT2D eigenvalue weighted by Crippen LogP contribution is 2.19. The average molecular weight is 208 g/mol. The normalized spacial score (nSPS) is 10.5. The van der Waals surface area contributed by atoms with Crippen LogP contribution in [0.1, 0.15) is 5.56 Å². The van der Waals surface area contributed by atoms with E-state index >= 15 is 0 Å². The van der Waals surface area contributed by atoms with Crippen LogP contribution in [-0.4, -0.2) is 6.29 Å². The van der Waals surface area contributed by atoms with Crippen LogP contribution < -0.4 is 0 Å². The van der Waals surface area contributed by atoms with E-state index in [4.69, 9.17) is 0 Å². The van der Waals surface area contributed by atoms with Crippen molar-refractivity contribution in [2.24, 2.45) is 0 Å². The van der Waals surface area contributed by atoms with Crippen LogP contribution in [0.15, 0.2) is 60.7 Å². The van der Waals surface area contributed by atoms with E-state index in [2.05, 4.69) is 24.3 Å². The van der Waals surface area contributed by atoms with Gasteiger partial charge in [-0.1, -0.05) is 60.7 Å². The highest BCUT2D eigenvalue weighted by molar-refractivity contribution is 5.74. The number of benzene rings is 2. The van der Waals surface area contributed by atoms with Gasteiger partial charge in [-0.25, -0.2) is 0 Å². The molecular formula is C15H12O. The molecule has 0 aliphatic carbocycles. The zero-order valence-corrected chi connectivity index (χ0v) is 8.84. The third-order valence-corrected chi connectivity index (χ3v) is 2.39. The van der Waals surface area contributed by atoms with Gasteiger partial charge in [-0.15, -0.1) is 0 Å². The van der Waals surface area contributed by atoms with E-state index in [1.807, 2.05) is 30.3 Å². The summed E-state index contributed by atoms with van der Waals surface area (Å²) in [7, 11) is 0. The van der Waals surface area contributed by atoms with Crippen molar-refractivity contribution in [1.29, 1.82) is 0 Å². The van der Waals surface area contributed by atoms with E-state index in [9.17, 15) is 4.79 Å². The van der Waals surface area contributed by atoms with Gasteiger partial charge in [0.25, 0.3) is 0 Å². The van der Waals surface area contributed by atoms with Crippen molar-refractivity contribution in [3.05, 3.63) is 66.2 Å². The van der Waals surface area contributed by atoms with Gasteiger partial charge in [0.15, 0.2) is 0 Å². The topological polar surface area (TPSA) is 17.1 Å². The van der Waals surface area contributed by atoms with Gasteiger partial charge < -0.3 is 0 Å². The lowest BCUT2D eigenvalue weighted by molar-refractivity contribution is -0.104. The molecule has 0 saturated heterocycles. The molecule has 0 aliphatic rings. The number of hydrogen-bond acceptors (Lipinski definition) is 1. The van der Waals surface area contributed by atoms with Gasteiger partial charge in [0.2, 0.25) is 0 Å². The Kier molecular flexibility index (Phi) is 3.29. The predicted molar refractivity (Wildman–Crippen MR) is 67.0 cm³/mol. The van der Waals surface area contributed by atoms with Crippen LogP contribution >= 0.6 is 0 Å². The summed E-state index contributed by atoms with van der Waals surface area (Å²) in [6, 6.07) is 18.3. The van der Waals surface area contributed by atoms with Crippen LogP contribution in [0.4, 0.5) is 0 Å². The maximum Gasteiger partial charge on any atom is 0.142 e. The minimum absolute atomic E-state index is 0.783. The molecular weight excluding hydrogens is 196 g/mol. The fourth-order valence-corrected chi connectivity index (χ4v) is 1.57. The van der Waals surface area contributed by atoms with Crippen LogP contribution in [0.5, 0.6) is 0 Å². The molecule has 0 atom stereocenters. The van der Waals surface area contributed by atoms with E-state index < -0.39 is 0 Å². The number of hydrogen-bond donors (Lipinski definition) is 0. The molecule has 0 fully saturated rings. The third kappa shape index (κ3) is 2.45. The fourth-order valence-electron chi connectivity index (χ4n) is 1.57. The summed E-state index contributed by atoms with van der Waals surface area (Å²) >= 11 is 0. The standard InChI is InChI=1S/C15H12O/c16-12-4-5-13-8-10-15(11-9-13)14-6-2-1-3-7-14/h1-12H/b5-4+. The van der Waals surface area contributed by atoms with Crippen molar-refractivity contribution >= 4 is 12.4 Å². The SMILES string of the molecule is O=C/C=C/c1ccc(-c2ccccc2)cc1. The minimum Gasteiger partial charge on any atom is -0.299 e. The van der Waals surface area contributed by atoms with Gasteiger partial charge in [-0.3, -0.25) is 4.79 Å². The summed E-state index contributed by atoms with van der Waals surface area (Å²) in [5.74, 6) is 0. The lowest BCUT2D eigenvalue weighted by Crippen LogP contribution is -1.77. The van der Waals surface area contributed by atoms with Crippen molar-refractivity contribution in [3.63, 3.8) is 0 Å². The zero-order valence-electron chi connectivity index (χ0n) is 8.84. The Bertz CT molecular complexity index is 481. The van der Waals surface area contributed by atoms with Gasteiger partial charge in [0.1, 0.15) is 6.29 Å². The largest absolute Gasteiger partial charge is 0.299 e. The second-order valence-electron chi connectivity index (χ2n) is 3.48. The molecule has 2 rings (SSSR count). The Balaban J connectivity index is 2.26. The number of aldehydes is 1. The first-order chi connectivity index (χ1) is 7.90. The van der Waals surface area contributed by atoms with E-state index in [1.54, 1.807) is 6.08 Å². The molecule has 0 spiro atoms. The molecule has 16 heavy (non-hydrogen) atoms. The summed E-state index contributed by atoms with van der Waals surface area (Å²) < 4.78 is 0. The molecule has 1 heteroatoms. The first-order valence-electron chi connectivity index (χ1n) is 5.17. The van der Waals surface area contributed by atoms with Crippen molar-refractivity contribution in [2.75, 3.05) is 0 Å². The van der Waals surface area contributed by atoms with Gasteiger partial charge in [0, 0.05) is 0 Å². The quantitative estimate of drug-likeness (QED) is 0.556. The van der Waals surface area contributed by atoms with Crippen molar-refractivity contribution in [3.8, 4) is 11.1 Å². The molecule has 0 radical (unpaired) electrons. The molecule has 78 valence electrons. The maximum absolute atomic E-state index is 10.2. The first kappa shape index (κ1) is 10.4. The summed E-state index contributed by atoms with van der Waals surface area (Å²) in [6.07, 6.45) is 4.07. The van der Waals surface area contributed by atoms with Crippen molar-refractivity contribution in [2.45, 2.75) is 0 Å². The predicted octanol–water partition coefficient (Wildman–Crippen LogP) is 3.57. The third-order valence-electron chi connectivity index (χ3n) is 2.39. The van der Waals surface area contributed by atoms with Crippen molar-refractivity contribution in [1.82, 2.24) is 0 Å². The van der Waals surface area contributed by atoms with Crippen LogP contribution in [0.3, 0.4) is 0 Å². The zero-order chi connectivity index (χ0) is 11.2. The van der Waals surface area contributed by atoms with Crippen LogP contribution in [0, 0.1) is 0 Å². The molecule has 0 N–H and O–H groups in total. The molecule has 0 saturated carbocycles. The van der Waals surface area contributed by atoms with Gasteiger partial charge in [-0.05, 0) is 22.8 Å². The molecule has 0 unspecified atom stereocenters. The molecule has 2 aromatic carbocycles. The minimum atomic E-state index is 0.783. The summed E-state index contributed by atoms with van der Waals surface area (Å²) in [5.41, 5.74) is 3.42. The average Bonchev–Trinajstić information content (AvgIpc) is 2.38. The fraction of sp³-hybridized carbons (Fsp3) is 0. The van der Waals surface area contributed by atoms with Crippen LogP contribution in [0.2, 0.25) is 0 Å². The molecule has 1 nitrogen and oxygen atoms in total. The summed E-state index contributed by atoms with van der Waals surface area (Å²) in [6.45, 7) is 0. The summed E-state index contributed by atoms with van der Waals surface area (Å²) in [4.78, 5) is 10.2. The Morgan fingerprint density at radius 2 is 1.38 bits per heavy atom. The number of carbonyl (C=O) groups excluding carboxylic acids is 1. The number of carbonyl (C=O) groups is 1. The Labute approximate surface area is 95.1 Å². The van der Waals surface area contributed by atoms with E-state index in [0.29, 0.717) is 0 Å². The van der Waals surface area contributed by atoms with E-state index in [0.717, 1.165) is 11.8 Å². The number of allylic oxidation sites excluding steroid dienone is 1. The second-order valence-corrected chi connectivity index (χ2v) is 3.48.